The van der Waals surface area contributed by atoms with Crippen LogP contribution >= 0.6 is 0 Å². The molecule has 1 saturated heterocycles. The van der Waals surface area contributed by atoms with Crippen molar-refractivity contribution in [3.63, 3.8) is 0 Å². The van der Waals surface area contributed by atoms with Gasteiger partial charge in [0.2, 0.25) is 0 Å². The van der Waals surface area contributed by atoms with E-state index >= 15 is 0 Å². The zero-order valence-electron chi connectivity index (χ0n) is 21.9. The van der Waals surface area contributed by atoms with E-state index in [4.69, 9.17) is 4.74 Å². The highest BCUT2D eigenvalue weighted by atomic mass is 16.5. The molecule has 37 heavy (non-hydrogen) atoms. The van der Waals surface area contributed by atoms with E-state index in [1.165, 1.54) is 26.6 Å². The van der Waals surface area contributed by atoms with Crippen molar-refractivity contribution >= 4 is 17.6 Å². The van der Waals surface area contributed by atoms with Gasteiger partial charge < -0.3 is 20.1 Å². The molecular formula is C29H35N3O5. The third-order valence-corrected chi connectivity index (χ3v) is 7.04. The standard InChI is InChI=1S/C29H35N3O5/c1-29(26(34)20-33,28(36)30-2)31(3)27(35)24-13-11-22(12-14-24)6-5-21-7-9-23(10-8-21)19-32-17-15-25(37-4)16-18-32/h7-14,25,33H,15-20H2,1-4H3,(H,30,36)/t29-/m1/s1. The average molecular weight is 506 g/mol. The maximum absolute atomic E-state index is 13.0. The Morgan fingerprint density at radius 1 is 1.05 bits per heavy atom. The van der Waals surface area contributed by atoms with Crippen molar-refractivity contribution in [1.82, 2.24) is 15.1 Å². The van der Waals surface area contributed by atoms with E-state index in [0.29, 0.717) is 11.7 Å². The summed E-state index contributed by atoms with van der Waals surface area (Å²) in [5, 5.41) is 11.7. The highest BCUT2D eigenvalue weighted by molar-refractivity contribution is 6.14. The Hall–Kier alpha value is -3.51. The summed E-state index contributed by atoms with van der Waals surface area (Å²) in [5.74, 6) is 4.28. The third kappa shape index (κ3) is 6.63. The lowest BCUT2D eigenvalue weighted by atomic mass is 9.92. The SMILES string of the molecule is CNC(=O)[C@@](C)(C(=O)CO)N(C)C(=O)c1ccc(C#Cc2ccc(CN3CCC(OC)CC3)cc2)cc1. The Labute approximate surface area is 218 Å². The summed E-state index contributed by atoms with van der Waals surface area (Å²) >= 11 is 0. The molecule has 0 unspecified atom stereocenters. The van der Waals surface area contributed by atoms with Gasteiger partial charge in [-0.15, -0.1) is 0 Å². The summed E-state index contributed by atoms with van der Waals surface area (Å²) in [6, 6.07) is 14.9. The highest BCUT2D eigenvalue weighted by Gasteiger charge is 2.46. The van der Waals surface area contributed by atoms with E-state index in [9.17, 15) is 19.5 Å². The number of rotatable bonds is 8. The first-order chi connectivity index (χ1) is 17.7. The minimum absolute atomic E-state index is 0.299. The van der Waals surface area contributed by atoms with Gasteiger partial charge in [0.05, 0.1) is 6.10 Å². The van der Waals surface area contributed by atoms with Gasteiger partial charge in [0.1, 0.15) is 6.61 Å². The molecule has 0 aliphatic carbocycles. The highest BCUT2D eigenvalue weighted by Crippen LogP contribution is 2.19. The number of carbonyl (C=O) groups excluding carboxylic acids is 3. The topological polar surface area (TPSA) is 99.2 Å². The smallest absolute Gasteiger partial charge is 0.254 e. The van der Waals surface area contributed by atoms with Crippen LogP contribution < -0.4 is 5.32 Å². The van der Waals surface area contributed by atoms with Gasteiger partial charge in [-0.25, -0.2) is 0 Å². The maximum atomic E-state index is 13.0. The normalized spacial score (nSPS) is 15.7. The van der Waals surface area contributed by atoms with E-state index < -0.39 is 29.7 Å². The quantitative estimate of drug-likeness (QED) is 0.420. The third-order valence-electron chi connectivity index (χ3n) is 7.04. The van der Waals surface area contributed by atoms with Gasteiger partial charge in [0, 0.05) is 57.5 Å². The van der Waals surface area contributed by atoms with Crippen LogP contribution in [0.5, 0.6) is 0 Å². The predicted molar refractivity (Wildman–Crippen MR) is 141 cm³/mol. The van der Waals surface area contributed by atoms with Crippen molar-refractivity contribution in [2.45, 2.75) is 38.0 Å². The number of carbonyl (C=O) groups is 3. The molecule has 1 aliphatic heterocycles. The number of Topliss-reactive ketones (excluding diaryl/α,β-unsaturated/α-hetero) is 1. The number of hydrogen-bond acceptors (Lipinski definition) is 6. The molecular weight excluding hydrogens is 470 g/mol. The molecule has 8 nitrogen and oxygen atoms in total. The molecule has 2 aromatic rings. The summed E-state index contributed by atoms with van der Waals surface area (Å²) in [4.78, 5) is 41.1. The number of likely N-dealkylation sites (tertiary alicyclic amines) is 1. The molecule has 0 saturated carbocycles. The molecule has 196 valence electrons. The monoisotopic (exact) mass is 505 g/mol. The van der Waals surface area contributed by atoms with Gasteiger partial charge in [-0.05, 0) is 61.7 Å². The fraction of sp³-hybridized carbons (Fsp3) is 0.414. The summed E-state index contributed by atoms with van der Waals surface area (Å²) in [6.07, 6.45) is 2.50. The lowest BCUT2D eigenvalue weighted by molar-refractivity contribution is -0.143. The molecule has 2 N–H and O–H groups in total. The largest absolute Gasteiger partial charge is 0.388 e. The molecule has 0 aromatic heterocycles. The zero-order chi connectivity index (χ0) is 27.0. The minimum Gasteiger partial charge on any atom is -0.388 e. The average Bonchev–Trinajstić information content (AvgIpc) is 2.95. The Kier molecular flexibility index (Phi) is 9.59. The van der Waals surface area contributed by atoms with Gasteiger partial charge in [-0.3, -0.25) is 19.3 Å². The zero-order valence-corrected chi connectivity index (χ0v) is 21.9. The Morgan fingerprint density at radius 2 is 1.59 bits per heavy atom. The molecule has 3 rings (SSSR count). The van der Waals surface area contributed by atoms with Gasteiger partial charge in [-0.1, -0.05) is 24.0 Å². The first kappa shape index (κ1) is 28.1. The van der Waals surface area contributed by atoms with Crippen LogP contribution in [0.2, 0.25) is 0 Å². The number of benzene rings is 2. The van der Waals surface area contributed by atoms with Crippen molar-refractivity contribution in [1.29, 1.82) is 0 Å². The fourth-order valence-corrected chi connectivity index (χ4v) is 4.36. The van der Waals surface area contributed by atoms with Crippen LogP contribution in [0.3, 0.4) is 0 Å². The number of nitrogens with one attached hydrogen (secondary N) is 1. The van der Waals surface area contributed by atoms with Crippen molar-refractivity contribution in [2.75, 3.05) is 40.9 Å². The van der Waals surface area contributed by atoms with Gasteiger partial charge >= 0.3 is 0 Å². The number of hydrogen-bond donors (Lipinski definition) is 2. The maximum Gasteiger partial charge on any atom is 0.254 e. The number of likely N-dealkylation sites (N-methyl/N-ethyl adjacent to an activating group) is 2. The van der Waals surface area contributed by atoms with Gasteiger partial charge in [0.15, 0.2) is 11.3 Å². The van der Waals surface area contributed by atoms with Crippen molar-refractivity contribution in [3.8, 4) is 11.8 Å². The Balaban J connectivity index is 1.64. The van der Waals surface area contributed by atoms with Crippen LogP contribution in [-0.4, -0.2) is 85.0 Å². The molecule has 1 atom stereocenters. The lowest BCUT2D eigenvalue weighted by Gasteiger charge is -2.35. The molecule has 0 spiro atoms. The van der Waals surface area contributed by atoms with Crippen LogP contribution in [0.4, 0.5) is 0 Å². The summed E-state index contributed by atoms with van der Waals surface area (Å²) in [7, 11) is 4.52. The Morgan fingerprint density at radius 3 is 2.08 bits per heavy atom. The van der Waals surface area contributed by atoms with Crippen LogP contribution in [-0.2, 0) is 20.9 Å². The van der Waals surface area contributed by atoms with E-state index in [2.05, 4.69) is 34.2 Å². The van der Waals surface area contributed by atoms with Crippen molar-refractivity contribution < 1.29 is 24.2 Å². The number of aliphatic hydroxyl groups excluding tert-OH is 1. The molecule has 1 aliphatic rings. The predicted octanol–water partition coefficient (Wildman–Crippen LogP) is 1.84. The van der Waals surface area contributed by atoms with Crippen LogP contribution in [0.15, 0.2) is 48.5 Å². The van der Waals surface area contributed by atoms with Crippen LogP contribution in [0.25, 0.3) is 0 Å². The molecule has 1 heterocycles. The second-order valence-electron chi connectivity index (χ2n) is 9.33. The van der Waals surface area contributed by atoms with Gasteiger partial charge in [-0.2, -0.15) is 0 Å². The summed E-state index contributed by atoms with van der Waals surface area (Å²) < 4.78 is 5.44. The fourth-order valence-electron chi connectivity index (χ4n) is 4.36. The van der Waals surface area contributed by atoms with Crippen molar-refractivity contribution in [3.05, 3.63) is 70.8 Å². The molecule has 1 fully saturated rings. The lowest BCUT2D eigenvalue weighted by Crippen LogP contribution is -2.62. The van der Waals surface area contributed by atoms with Crippen molar-refractivity contribution in [2.24, 2.45) is 0 Å². The molecule has 2 aromatic carbocycles. The number of aliphatic hydroxyl groups is 1. The van der Waals surface area contributed by atoms with Crippen LogP contribution in [0.1, 0.15) is 46.8 Å². The number of piperidine rings is 1. The molecule has 0 radical (unpaired) electrons. The van der Waals surface area contributed by atoms with E-state index in [1.54, 1.807) is 31.4 Å². The van der Waals surface area contributed by atoms with Gasteiger partial charge in [0.25, 0.3) is 11.8 Å². The number of ketones is 1. The van der Waals surface area contributed by atoms with E-state index in [0.717, 1.165) is 48.5 Å². The Bertz CT molecular complexity index is 1140. The van der Waals surface area contributed by atoms with Crippen LogP contribution in [0, 0.1) is 11.8 Å². The summed E-state index contributed by atoms with van der Waals surface area (Å²) in [5.41, 5.74) is 1.34. The molecule has 0 bridgehead atoms. The number of nitrogens with zero attached hydrogens (tertiary/aromatic N) is 2. The second kappa shape index (κ2) is 12.6. The molecule has 2 amide bonds. The number of ether oxygens (including phenoxy) is 1. The second-order valence-corrected chi connectivity index (χ2v) is 9.33. The molecule has 8 heteroatoms. The summed E-state index contributed by atoms with van der Waals surface area (Å²) in [6.45, 7) is 3.45. The number of amides is 2. The first-order valence-electron chi connectivity index (χ1n) is 12.3. The van der Waals surface area contributed by atoms with E-state index in [-0.39, 0.29) is 0 Å². The van der Waals surface area contributed by atoms with E-state index in [1.807, 2.05) is 12.1 Å². The first-order valence-corrected chi connectivity index (χ1v) is 12.3. The number of methoxy groups -OCH3 is 1. The minimum atomic E-state index is -1.83.